The molecule has 2 heteroatoms. The van der Waals surface area contributed by atoms with Crippen LogP contribution in [0.3, 0.4) is 0 Å². The van der Waals surface area contributed by atoms with E-state index in [2.05, 4.69) is 13.8 Å². The lowest BCUT2D eigenvalue weighted by atomic mass is 9.76. The van der Waals surface area contributed by atoms with Gasteiger partial charge in [-0.25, -0.2) is 0 Å². The lowest BCUT2D eigenvalue weighted by Gasteiger charge is -2.31. The van der Waals surface area contributed by atoms with Crippen LogP contribution in [0.1, 0.15) is 43.5 Å². The van der Waals surface area contributed by atoms with Crippen molar-refractivity contribution < 1.29 is 9.52 Å². The Kier molecular flexibility index (Phi) is 1.77. The molecule has 1 atom stereocenters. The normalized spacial score (nSPS) is 25.7. The molecule has 72 valence electrons. The van der Waals surface area contributed by atoms with E-state index >= 15 is 0 Å². The number of hydrogen-bond acceptors (Lipinski definition) is 2. The van der Waals surface area contributed by atoms with Gasteiger partial charge >= 0.3 is 0 Å². The van der Waals surface area contributed by atoms with Gasteiger partial charge < -0.3 is 9.52 Å². The minimum atomic E-state index is -0.337. The third-order valence-corrected chi connectivity index (χ3v) is 2.71. The van der Waals surface area contributed by atoms with E-state index in [1.54, 1.807) is 0 Å². The van der Waals surface area contributed by atoms with E-state index < -0.39 is 0 Å². The summed E-state index contributed by atoms with van der Waals surface area (Å²) in [6, 6.07) is 1.95. The van der Waals surface area contributed by atoms with Crippen molar-refractivity contribution in [1.82, 2.24) is 0 Å². The summed E-state index contributed by atoms with van der Waals surface area (Å²) < 4.78 is 5.55. The van der Waals surface area contributed by atoms with E-state index in [1.807, 2.05) is 13.0 Å². The first-order chi connectivity index (χ1) is 5.98. The predicted octanol–water partition coefficient (Wildman–Crippen LogP) is 2.59. The van der Waals surface area contributed by atoms with Gasteiger partial charge in [0.05, 0.1) is 6.10 Å². The molecule has 0 bridgehead atoms. The number of rotatable bonds is 0. The second kappa shape index (κ2) is 2.61. The molecule has 1 aromatic heterocycles. The van der Waals surface area contributed by atoms with Crippen LogP contribution in [0.15, 0.2) is 10.5 Å². The van der Waals surface area contributed by atoms with Gasteiger partial charge in [-0.2, -0.15) is 0 Å². The molecular formula is C11H16O2. The smallest absolute Gasteiger partial charge is 0.110 e. The van der Waals surface area contributed by atoms with Crippen LogP contribution in [0.2, 0.25) is 0 Å². The third-order valence-electron chi connectivity index (χ3n) is 2.71. The Labute approximate surface area is 78.6 Å². The number of aryl methyl sites for hydroxylation is 1. The molecule has 0 radical (unpaired) electrons. The minimum absolute atomic E-state index is 0.163. The van der Waals surface area contributed by atoms with Crippen LogP contribution < -0.4 is 0 Å². The standard InChI is InChI=1S/C11H16O2/c1-7-4-8-9(12)5-11(2,3)6-10(8)13-7/h4,9,12H,5-6H2,1-3H3. The van der Waals surface area contributed by atoms with Crippen molar-refractivity contribution in [1.29, 1.82) is 0 Å². The highest BCUT2D eigenvalue weighted by atomic mass is 16.3. The lowest BCUT2D eigenvalue weighted by Crippen LogP contribution is -2.24. The van der Waals surface area contributed by atoms with Crippen molar-refractivity contribution in [2.75, 3.05) is 0 Å². The molecule has 0 aromatic carbocycles. The van der Waals surface area contributed by atoms with Gasteiger partial charge in [0, 0.05) is 12.0 Å². The minimum Gasteiger partial charge on any atom is -0.466 e. The molecule has 2 nitrogen and oxygen atoms in total. The first kappa shape index (κ1) is 8.82. The summed E-state index contributed by atoms with van der Waals surface area (Å²) in [7, 11) is 0. The largest absolute Gasteiger partial charge is 0.466 e. The van der Waals surface area contributed by atoms with Gasteiger partial charge in [-0.15, -0.1) is 0 Å². The monoisotopic (exact) mass is 180 g/mol. The second-order valence-corrected chi connectivity index (χ2v) is 4.80. The van der Waals surface area contributed by atoms with E-state index in [1.165, 1.54) is 0 Å². The molecule has 0 saturated carbocycles. The van der Waals surface area contributed by atoms with Crippen molar-refractivity contribution in [3.05, 3.63) is 23.2 Å². The molecule has 1 heterocycles. The van der Waals surface area contributed by atoms with Gasteiger partial charge in [0.25, 0.3) is 0 Å². The fraction of sp³-hybridized carbons (Fsp3) is 0.636. The van der Waals surface area contributed by atoms with Gasteiger partial charge in [-0.3, -0.25) is 0 Å². The Balaban J connectivity index is 2.42. The number of fused-ring (bicyclic) bond motifs is 1. The highest BCUT2D eigenvalue weighted by molar-refractivity contribution is 5.27. The van der Waals surface area contributed by atoms with Gasteiger partial charge in [-0.05, 0) is 24.8 Å². The summed E-state index contributed by atoms with van der Waals surface area (Å²) in [5.41, 5.74) is 1.16. The molecule has 0 spiro atoms. The Morgan fingerprint density at radius 2 is 2.23 bits per heavy atom. The Hall–Kier alpha value is -0.760. The molecule has 0 saturated heterocycles. The highest BCUT2D eigenvalue weighted by Gasteiger charge is 2.33. The van der Waals surface area contributed by atoms with Crippen molar-refractivity contribution in [3.63, 3.8) is 0 Å². The molecule has 1 aliphatic rings. The molecule has 1 N–H and O–H groups in total. The van der Waals surface area contributed by atoms with Crippen molar-refractivity contribution in [2.24, 2.45) is 5.41 Å². The summed E-state index contributed by atoms with van der Waals surface area (Å²) in [5, 5.41) is 9.85. The summed E-state index contributed by atoms with van der Waals surface area (Å²) in [5.74, 6) is 1.88. The summed E-state index contributed by atoms with van der Waals surface area (Å²) in [6.45, 7) is 6.26. The van der Waals surface area contributed by atoms with Gasteiger partial charge in [0.1, 0.15) is 11.5 Å². The summed E-state index contributed by atoms with van der Waals surface area (Å²) in [6.07, 6.45) is 1.43. The van der Waals surface area contributed by atoms with Crippen LogP contribution >= 0.6 is 0 Å². The number of aliphatic hydroxyl groups is 1. The topological polar surface area (TPSA) is 33.4 Å². The van der Waals surface area contributed by atoms with E-state index in [0.29, 0.717) is 0 Å². The van der Waals surface area contributed by atoms with Crippen LogP contribution in [0.4, 0.5) is 0 Å². The maximum atomic E-state index is 9.85. The average molecular weight is 180 g/mol. The van der Waals surface area contributed by atoms with Crippen LogP contribution in [0.25, 0.3) is 0 Å². The SMILES string of the molecule is Cc1cc2c(o1)CC(C)(C)CC2O. The molecule has 0 aliphatic heterocycles. The average Bonchev–Trinajstić information content (AvgIpc) is 2.27. The van der Waals surface area contributed by atoms with Crippen LogP contribution in [0, 0.1) is 12.3 Å². The van der Waals surface area contributed by atoms with Crippen molar-refractivity contribution in [2.45, 2.75) is 39.7 Å². The molecule has 13 heavy (non-hydrogen) atoms. The van der Waals surface area contributed by atoms with E-state index in [0.717, 1.165) is 29.9 Å². The maximum Gasteiger partial charge on any atom is 0.110 e. The van der Waals surface area contributed by atoms with Crippen LogP contribution in [0.5, 0.6) is 0 Å². The zero-order valence-electron chi connectivity index (χ0n) is 8.42. The van der Waals surface area contributed by atoms with Crippen molar-refractivity contribution in [3.8, 4) is 0 Å². The quantitative estimate of drug-likeness (QED) is 0.665. The first-order valence-electron chi connectivity index (χ1n) is 4.75. The zero-order chi connectivity index (χ0) is 9.64. The van der Waals surface area contributed by atoms with Crippen LogP contribution in [-0.2, 0) is 6.42 Å². The first-order valence-corrected chi connectivity index (χ1v) is 4.75. The van der Waals surface area contributed by atoms with Crippen LogP contribution in [-0.4, -0.2) is 5.11 Å². The summed E-state index contributed by atoms with van der Waals surface area (Å²) >= 11 is 0. The number of hydrogen-bond donors (Lipinski definition) is 1. The number of aliphatic hydroxyl groups excluding tert-OH is 1. The molecule has 2 rings (SSSR count). The second-order valence-electron chi connectivity index (χ2n) is 4.80. The lowest BCUT2D eigenvalue weighted by molar-refractivity contribution is 0.0932. The summed E-state index contributed by atoms with van der Waals surface area (Å²) in [4.78, 5) is 0. The molecule has 1 unspecified atom stereocenters. The molecule has 1 aromatic rings. The Morgan fingerprint density at radius 1 is 1.54 bits per heavy atom. The van der Waals surface area contributed by atoms with Gasteiger partial charge in [-0.1, -0.05) is 13.8 Å². The fourth-order valence-electron chi connectivity index (χ4n) is 2.14. The molecule has 0 amide bonds. The Bertz CT molecular complexity index is 323. The van der Waals surface area contributed by atoms with Gasteiger partial charge in [0.2, 0.25) is 0 Å². The van der Waals surface area contributed by atoms with E-state index in [9.17, 15) is 5.11 Å². The Morgan fingerprint density at radius 3 is 2.92 bits per heavy atom. The molecular weight excluding hydrogens is 164 g/mol. The van der Waals surface area contributed by atoms with Crippen molar-refractivity contribution >= 4 is 0 Å². The fourth-order valence-corrected chi connectivity index (χ4v) is 2.14. The zero-order valence-corrected chi connectivity index (χ0v) is 8.42. The van der Waals surface area contributed by atoms with E-state index in [4.69, 9.17) is 4.42 Å². The van der Waals surface area contributed by atoms with Gasteiger partial charge in [0.15, 0.2) is 0 Å². The highest BCUT2D eigenvalue weighted by Crippen LogP contribution is 2.41. The van der Waals surface area contributed by atoms with E-state index in [-0.39, 0.29) is 11.5 Å². The third kappa shape index (κ3) is 1.51. The maximum absolute atomic E-state index is 9.85. The number of furan rings is 1. The molecule has 0 fully saturated rings. The predicted molar refractivity (Wildman–Crippen MR) is 50.5 cm³/mol. The molecule has 1 aliphatic carbocycles.